The van der Waals surface area contributed by atoms with Crippen molar-refractivity contribution in [3.63, 3.8) is 0 Å². The molecule has 1 saturated heterocycles. The number of hydrogen-bond donors (Lipinski definition) is 0. The number of benzene rings is 2. The van der Waals surface area contributed by atoms with Crippen LogP contribution in [-0.4, -0.2) is 48.8 Å². The molecule has 7 heteroatoms. The largest absolute Gasteiger partial charge is 0.295 e. The molecule has 1 aromatic heterocycles. The number of nitrogens with zero attached hydrogens (tertiary/aromatic N) is 3. The van der Waals surface area contributed by atoms with E-state index < -0.39 is 10.0 Å². The predicted molar refractivity (Wildman–Crippen MR) is 112 cm³/mol. The number of pyridine rings is 1. The Bertz CT molecular complexity index is 1110. The highest BCUT2D eigenvalue weighted by molar-refractivity contribution is 7.89. The van der Waals surface area contributed by atoms with Crippen LogP contribution in [0.2, 0.25) is 5.02 Å². The fraction of sp³-hybridized carbons (Fsp3) is 0.286. The fourth-order valence-corrected chi connectivity index (χ4v) is 5.13. The molecule has 0 radical (unpaired) electrons. The van der Waals surface area contributed by atoms with E-state index in [4.69, 9.17) is 16.6 Å². The van der Waals surface area contributed by atoms with E-state index in [2.05, 4.69) is 11.0 Å². The van der Waals surface area contributed by atoms with Crippen LogP contribution in [-0.2, 0) is 16.6 Å². The standard InChI is InChI=1S/C21H22ClN3O2S/c1-16-6-9-19(14-20(16)22)28(26,27)25-12-10-24(11-13-25)15-18-8-7-17-4-2-3-5-21(17)23-18/h2-9,14H,10-13,15H2,1H3. The highest BCUT2D eigenvalue weighted by atomic mass is 35.5. The number of hydrogen-bond acceptors (Lipinski definition) is 4. The second kappa shape index (κ2) is 7.79. The summed E-state index contributed by atoms with van der Waals surface area (Å²) in [6.07, 6.45) is 0. The molecular weight excluding hydrogens is 394 g/mol. The van der Waals surface area contributed by atoms with Crippen molar-refractivity contribution in [2.45, 2.75) is 18.4 Å². The number of fused-ring (bicyclic) bond motifs is 1. The summed E-state index contributed by atoms with van der Waals surface area (Å²) in [5, 5.41) is 1.60. The van der Waals surface area contributed by atoms with Gasteiger partial charge in [0.25, 0.3) is 0 Å². The molecule has 4 rings (SSSR count). The van der Waals surface area contributed by atoms with Crippen LogP contribution >= 0.6 is 11.6 Å². The average Bonchev–Trinajstić information content (AvgIpc) is 2.70. The van der Waals surface area contributed by atoms with Gasteiger partial charge in [-0.25, -0.2) is 8.42 Å². The maximum atomic E-state index is 12.9. The van der Waals surface area contributed by atoms with Crippen molar-refractivity contribution in [3.8, 4) is 0 Å². The number of piperazine rings is 1. The number of aromatic nitrogens is 1. The Labute approximate surface area is 170 Å². The molecule has 0 aliphatic carbocycles. The molecule has 5 nitrogen and oxygen atoms in total. The lowest BCUT2D eigenvalue weighted by Gasteiger charge is -2.33. The average molecular weight is 416 g/mol. The van der Waals surface area contributed by atoms with Crippen molar-refractivity contribution in [3.05, 3.63) is 70.9 Å². The third kappa shape index (κ3) is 3.91. The molecule has 0 spiro atoms. The molecule has 1 aliphatic rings. The molecule has 0 amide bonds. The minimum atomic E-state index is -3.52. The van der Waals surface area contributed by atoms with Gasteiger partial charge in [-0.15, -0.1) is 0 Å². The van der Waals surface area contributed by atoms with Crippen LogP contribution in [0.4, 0.5) is 0 Å². The molecule has 0 saturated carbocycles. The first kappa shape index (κ1) is 19.3. The highest BCUT2D eigenvalue weighted by Crippen LogP contribution is 2.24. The van der Waals surface area contributed by atoms with Crippen LogP contribution in [0.25, 0.3) is 10.9 Å². The van der Waals surface area contributed by atoms with E-state index in [0.29, 0.717) is 31.2 Å². The third-order valence-corrected chi connectivity index (χ3v) is 7.46. The molecule has 0 unspecified atom stereocenters. The van der Waals surface area contributed by atoms with E-state index in [9.17, 15) is 8.42 Å². The maximum absolute atomic E-state index is 12.9. The highest BCUT2D eigenvalue weighted by Gasteiger charge is 2.28. The minimum absolute atomic E-state index is 0.257. The quantitative estimate of drug-likeness (QED) is 0.652. The second-order valence-electron chi connectivity index (χ2n) is 7.09. The van der Waals surface area contributed by atoms with Crippen LogP contribution in [0.1, 0.15) is 11.3 Å². The van der Waals surface area contributed by atoms with Gasteiger partial charge in [0.1, 0.15) is 0 Å². The zero-order valence-corrected chi connectivity index (χ0v) is 17.2. The fourth-order valence-electron chi connectivity index (χ4n) is 3.44. The minimum Gasteiger partial charge on any atom is -0.295 e. The lowest BCUT2D eigenvalue weighted by Crippen LogP contribution is -2.48. The summed E-state index contributed by atoms with van der Waals surface area (Å²) in [4.78, 5) is 7.21. The summed E-state index contributed by atoms with van der Waals surface area (Å²) >= 11 is 6.12. The van der Waals surface area contributed by atoms with Crippen LogP contribution in [0.5, 0.6) is 0 Å². The van der Waals surface area contributed by atoms with E-state index in [0.717, 1.165) is 28.7 Å². The molecule has 28 heavy (non-hydrogen) atoms. The van der Waals surface area contributed by atoms with Gasteiger partial charge < -0.3 is 0 Å². The normalized spacial score (nSPS) is 16.5. The summed E-state index contributed by atoms with van der Waals surface area (Å²) in [5.74, 6) is 0. The van der Waals surface area contributed by atoms with Crippen LogP contribution in [0.15, 0.2) is 59.5 Å². The summed E-state index contributed by atoms with van der Waals surface area (Å²) in [5.41, 5.74) is 2.85. The lowest BCUT2D eigenvalue weighted by molar-refractivity contribution is 0.180. The van der Waals surface area contributed by atoms with E-state index in [1.807, 2.05) is 37.3 Å². The molecule has 1 aliphatic heterocycles. The van der Waals surface area contributed by atoms with Gasteiger partial charge in [-0.1, -0.05) is 41.9 Å². The van der Waals surface area contributed by atoms with Crippen LogP contribution < -0.4 is 0 Å². The zero-order valence-electron chi connectivity index (χ0n) is 15.7. The van der Waals surface area contributed by atoms with Gasteiger partial charge in [-0.3, -0.25) is 9.88 Å². The number of para-hydroxylation sites is 1. The Morgan fingerprint density at radius 2 is 1.75 bits per heavy atom. The molecule has 1 fully saturated rings. The first-order valence-corrected chi connectivity index (χ1v) is 11.1. The Hall–Kier alpha value is -1.99. The molecule has 0 N–H and O–H groups in total. The van der Waals surface area contributed by atoms with Crippen molar-refractivity contribution in [1.82, 2.24) is 14.2 Å². The summed E-state index contributed by atoms with van der Waals surface area (Å²) in [7, 11) is -3.52. The zero-order chi connectivity index (χ0) is 19.7. The molecule has 2 aromatic carbocycles. The predicted octanol–water partition coefficient (Wildman–Crippen LogP) is 3.70. The number of halogens is 1. The van der Waals surface area contributed by atoms with Crippen molar-refractivity contribution in [2.75, 3.05) is 26.2 Å². The second-order valence-corrected chi connectivity index (χ2v) is 9.43. The number of sulfonamides is 1. The molecule has 146 valence electrons. The molecule has 0 atom stereocenters. The smallest absolute Gasteiger partial charge is 0.243 e. The van der Waals surface area contributed by atoms with Crippen molar-refractivity contribution < 1.29 is 8.42 Å². The number of rotatable bonds is 4. The van der Waals surface area contributed by atoms with Gasteiger partial charge in [0.05, 0.1) is 16.1 Å². The van der Waals surface area contributed by atoms with E-state index in [-0.39, 0.29) is 4.90 Å². The van der Waals surface area contributed by atoms with Gasteiger partial charge in [0, 0.05) is 43.1 Å². The van der Waals surface area contributed by atoms with E-state index in [1.54, 1.807) is 12.1 Å². The topological polar surface area (TPSA) is 53.5 Å². The summed E-state index contributed by atoms with van der Waals surface area (Å²) in [6, 6.07) is 17.1. The van der Waals surface area contributed by atoms with Crippen molar-refractivity contribution in [1.29, 1.82) is 0 Å². The van der Waals surface area contributed by atoms with Gasteiger partial charge >= 0.3 is 0 Å². The van der Waals surface area contributed by atoms with Gasteiger partial charge in [-0.2, -0.15) is 4.31 Å². The maximum Gasteiger partial charge on any atom is 0.243 e. The Morgan fingerprint density at radius 1 is 1.00 bits per heavy atom. The lowest BCUT2D eigenvalue weighted by atomic mass is 10.2. The summed E-state index contributed by atoms with van der Waals surface area (Å²) in [6.45, 7) is 4.84. The SMILES string of the molecule is Cc1ccc(S(=O)(=O)N2CCN(Cc3ccc4ccccc4n3)CC2)cc1Cl. The van der Waals surface area contributed by atoms with Crippen LogP contribution in [0.3, 0.4) is 0 Å². The molecule has 3 aromatic rings. The Morgan fingerprint density at radius 3 is 2.50 bits per heavy atom. The molecule has 2 heterocycles. The molecule has 0 bridgehead atoms. The first-order valence-electron chi connectivity index (χ1n) is 9.27. The number of aryl methyl sites for hydroxylation is 1. The Balaban J connectivity index is 1.42. The summed E-state index contributed by atoms with van der Waals surface area (Å²) < 4.78 is 27.3. The first-order chi connectivity index (χ1) is 13.4. The van der Waals surface area contributed by atoms with Gasteiger partial charge in [-0.05, 0) is 36.8 Å². The Kier molecular flexibility index (Phi) is 5.38. The van der Waals surface area contributed by atoms with Crippen molar-refractivity contribution >= 4 is 32.5 Å². The van der Waals surface area contributed by atoms with Gasteiger partial charge in [0.2, 0.25) is 10.0 Å². The van der Waals surface area contributed by atoms with E-state index in [1.165, 1.54) is 10.4 Å². The third-order valence-electron chi connectivity index (χ3n) is 5.15. The van der Waals surface area contributed by atoms with Gasteiger partial charge in [0.15, 0.2) is 0 Å². The van der Waals surface area contributed by atoms with Crippen molar-refractivity contribution in [2.24, 2.45) is 0 Å². The van der Waals surface area contributed by atoms with E-state index >= 15 is 0 Å². The molecular formula is C21H22ClN3O2S. The monoisotopic (exact) mass is 415 g/mol. The van der Waals surface area contributed by atoms with Crippen LogP contribution in [0, 0.1) is 6.92 Å².